The number of amides is 1. The lowest BCUT2D eigenvalue weighted by molar-refractivity contribution is 0.102. The minimum atomic E-state index is -3.31. The smallest absolute Gasteiger partial charge is 0.255 e. The Kier molecular flexibility index (Phi) is 5.90. The van der Waals surface area contributed by atoms with Crippen LogP contribution in [0.15, 0.2) is 53.4 Å². The number of hydrogen-bond donors (Lipinski definition) is 1. The Labute approximate surface area is 147 Å². The molecule has 0 aliphatic rings. The van der Waals surface area contributed by atoms with Crippen LogP contribution in [-0.2, 0) is 10.0 Å². The van der Waals surface area contributed by atoms with Gasteiger partial charge in [0, 0.05) is 17.5 Å². The molecule has 0 bridgehead atoms. The van der Waals surface area contributed by atoms with Crippen LogP contribution in [0.5, 0.6) is 0 Å². The van der Waals surface area contributed by atoms with Gasteiger partial charge in [-0.15, -0.1) is 11.8 Å². The monoisotopic (exact) mass is 364 g/mol. The summed E-state index contributed by atoms with van der Waals surface area (Å²) in [5.41, 5.74) is 1.75. The van der Waals surface area contributed by atoms with Crippen molar-refractivity contribution >= 4 is 39.1 Å². The van der Waals surface area contributed by atoms with Crippen LogP contribution in [0.3, 0.4) is 0 Å². The van der Waals surface area contributed by atoms with Crippen molar-refractivity contribution in [3.05, 3.63) is 54.1 Å². The summed E-state index contributed by atoms with van der Waals surface area (Å²) in [6.07, 6.45) is 1.95. The number of nitrogens with one attached hydrogen (secondary N) is 1. The molecule has 0 atom stereocenters. The first kappa shape index (κ1) is 18.4. The van der Waals surface area contributed by atoms with Crippen molar-refractivity contribution in [3.63, 3.8) is 0 Å². The highest BCUT2D eigenvalue weighted by atomic mass is 32.2. The summed E-state index contributed by atoms with van der Waals surface area (Å²) in [7, 11) is -1.81. The molecule has 0 aliphatic carbocycles. The molecule has 0 radical (unpaired) electrons. The maximum absolute atomic E-state index is 12.4. The van der Waals surface area contributed by atoms with Crippen molar-refractivity contribution in [2.45, 2.75) is 11.8 Å². The van der Waals surface area contributed by atoms with E-state index in [1.165, 1.54) is 11.4 Å². The van der Waals surface area contributed by atoms with Crippen molar-refractivity contribution < 1.29 is 13.2 Å². The van der Waals surface area contributed by atoms with E-state index in [0.29, 0.717) is 11.3 Å². The molecule has 5 nitrogen and oxygen atoms in total. The topological polar surface area (TPSA) is 66.5 Å². The molecule has 0 saturated heterocycles. The number of thioether (sulfide) groups is 1. The standard InChI is InChI=1S/C17H20N2O3S2/c1-4-24(21,22)19(2)14-11-9-13(10-12-14)17(20)18-15-7-5-6-8-16(15)23-3/h5-12H,4H2,1-3H3,(H,18,20). The predicted molar refractivity (Wildman–Crippen MR) is 100 cm³/mol. The molecule has 0 aromatic heterocycles. The number of sulfonamides is 1. The number of rotatable bonds is 6. The van der Waals surface area contributed by atoms with E-state index in [4.69, 9.17) is 0 Å². The lowest BCUT2D eigenvalue weighted by Crippen LogP contribution is -2.28. The molecule has 24 heavy (non-hydrogen) atoms. The Hall–Kier alpha value is -1.99. The number of anilines is 2. The van der Waals surface area contributed by atoms with Gasteiger partial charge in [-0.1, -0.05) is 12.1 Å². The van der Waals surface area contributed by atoms with Gasteiger partial charge in [-0.3, -0.25) is 9.10 Å². The molecule has 0 aliphatic heterocycles. The van der Waals surface area contributed by atoms with E-state index in [1.807, 2.05) is 30.5 Å². The molecule has 0 fully saturated rings. The minimum absolute atomic E-state index is 0.0250. The largest absolute Gasteiger partial charge is 0.321 e. The number of benzene rings is 2. The Morgan fingerprint density at radius 2 is 1.75 bits per heavy atom. The molecule has 0 heterocycles. The zero-order chi connectivity index (χ0) is 17.7. The summed E-state index contributed by atoms with van der Waals surface area (Å²) >= 11 is 1.56. The normalized spacial score (nSPS) is 11.1. The number of nitrogens with zero attached hydrogens (tertiary/aromatic N) is 1. The third-order valence-electron chi connectivity index (χ3n) is 3.63. The second-order valence-corrected chi connectivity index (χ2v) is 8.21. The highest BCUT2D eigenvalue weighted by molar-refractivity contribution is 7.98. The van der Waals surface area contributed by atoms with E-state index in [0.717, 1.165) is 10.6 Å². The van der Waals surface area contributed by atoms with Gasteiger partial charge in [-0.25, -0.2) is 8.42 Å². The van der Waals surface area contributed by atoms with Crippen LogP contribution in [0.4, 0.5) is 11.4 Å². The molecule has 0 saturated carbocycles. The average Bonchev–Trinajstić information content (AvgIpc) is 2.61. The Morgan fingerprint density at radius 1 is 1.12 bits per heavy atom. The predicted octanol–water partition coefficient (Wildman–Crippen LogP) is 3.45. The first-order valence-corrected chi connectivity index (χ1v) is 10.2. The Morgan fingerprint density at radius 3 is 2.33 bits per heavy atom. The van der Waals surface area contributed by atoms with Gasteiger partial charge in [0.05, 0.1) is 17.1 Å². The van der Waals surface area contributed by atoms with Crippen molar-refractivity contribution in [2.24, 2.45) is 0 Å². The van der Waals surface area contributed by atoms with Gasteiger partial charge in [0.2, 0.25) is 10.0 Å². The minimum Gasteiger partial charge on any atom is -0.321 e. The lowest BCUT2D eigenvalue weighted by Gasteiger charge is -2.18. The molecule has 2 aromatic carbocycles. The highest BCUT2D eigenvalue weighted by Gasteiger charge is 2.16. The molecule has 2 aromatic rings. The number of carbonyl (C=O) groups excluding carboxylic acids is 1. The first-order chi connectivity index (χ1) is 11.4. The van der Waals surface area contributed by atoms with E-state index in [1.54, 1.807) is 43.0 Å². The van der Waals surface area contributed by atoms with Gasteiger partial charge in [0.25, 0.3) is 5.91 Å². The summed E-state index contributed by atoms with van der Waals surface area (Å²) in [5, 5.41) is 2.88. The summed E-state index contributed by atoms with van der Waals surface area (Å²) in [6.45, 7) is 1.59. The average molecular weight is 364 g/mol. The molecule has 128 valence electrons. The molecule has 1 N–H and O–H groups in total. The van der Waals surface area contributed by atoms with Crippen molar-refractivity contribution in [1.82, 2.24) is 0 Å². The molecule has 0 spiro atoms. The molecule has 7 heteroatoms. The lowest BCUT2D eigenvalue weighted by atomic mass is 10.2. The fraction of sp³-hybridized carbons (Fsp3) is 0.235. The van der Waals surface area contributed by atoms with Crippen molar-refractivity contribution in [1.29, 1.82) is 0 Å². The Balaban J connectivity index is 2.17. The number of para-hydroxylation sites is 1. The highest BCUT2D eigenvalue weighted by Crippen LogP contribution is 2.25. The summed E-state index contributed by atoms with van der Waals surface area (Å²) in [5.74, 6) is -0.207. The second-order valence-electron chi connectivity index (χ2n) is 5.07. The third kappa shape index (κ3) is 4.10. The van der Waals surface area contributed by atoms with Crippen LogP contribution in [0, 0.1) is 0 Å². The van der Waals surface area contributed by atoms with E-state index >= 15 is 0 Å². The van der Waals surface area contributed by atoms with Crippen LogP contribution in [0.25, 0.3) is 0 Å². The quantitative estimate of drug-likeness (QED) is 0.797. The number of carbonyl (C=O) groups is 1. The summed E-state index contributed by atoms with van der Waals surface area (Å²) < 4.78 is 25.0. The third-order valence-corrected chi connectivity index (χ3v) is 6.20. The van der Waals surface area contributed by atoms with Gasteiger partial charge in [-0.05, 0) is 49.6 Å². The van der Waals surface area contributed by atoms with E-state index in [-0.39, 0.29) is 11.7 Å². The zero-order valence-corrected chi connectivity index (χ0v) is 15.4. The van der Waals surface area contributed by atoms with Gasteiger partial charge in [0.15, 0.2) is 0 Å². The van der Waals surface area contributed by atoms with E-state index in [2.05, 4.69) is 5.32 Å². The SMILES string of the molecule is CCS(=O)(=O)N(C)c1ccc(C(=O)Nc2ccccc2SC)cc1. The van der Waals surface area contributed by atoms with Crippen LogP contribution in [0.1, 0.15) is 17.3 Å². The molecular formula is C17H20N2O3S2. The second kappa shape index (κ2) is 7.72. The molecular weight excluding hydrogens is 344 g/mol. The first-order valence-electron chi connectivity index (χ1n) is 7.40. The molecule has 2 rings (SSSR count). The van der Waals surface area contributed by atoms with E-state index < -0.39 is 10.0 Å². The maximum Gasteiger partial charge on any atom is 0.255 e. The fourth-order valence-electron chi connectivity index (χ4n) is 2.12. The van der Waals surface area contributed by atoms with Crippen LogP contribution in [-0.4, -0.2) is 33.4 Å². The van der Waals surface area contributed by atoms with Crippen LogP contribution < -0.4 is 9.62 Å². The van der Waals surface area contributed by atoms with Crippen LogP contribution in [0.2, 0.25) is 0 Å². The van der Waals surface area contributed by atoms with Gasteiger partial charge in [-0.2, -0.15) is 0 Å². The molecule has 0 unspecified atom stereocenters. The van der Waals surface area contributed by atoms with Gasteiger partial charge >= 0.3 is 0 Å². The maximum atomic E-state index is 12.4. The summed E-state index contributed by atoms with van der Waals surface area (Å²) in [4.78, 5) is 13.3. The van der Waals surface area contributed by atoms with Gasteiger partial charge < -0.3 is 5.32 Å². The molecule has 1 amide bonds. The Bertz CT molecular complexity index is 818. The van der Waals surface area contributed by atoms with Crippen LogP contribution >= 0.6 is 11.8 Å². The van der Waals surface area contributed by atoms with E-state index in [9.17, 15) is 13.2 Å². The van der Waals surface area contributed by atoms with Crippen molar-refractivity contribution in [2.75, 3.05) is 28.7 Å². The van der Waals surface area contributed by atoms with Crippen molar-refractivity contribution in [3.8, 4) is 0 Å². The zero-order valence-electron chi connectivity index (χ0n) is 13.8. The summed E-state index contributed by atoms with van der Waals surface area (Å²) in [6, 6.07) is 14.1. The fourth-order valence-corrected chi connectivity index (χ4v) is 3.50. The van der Waals surface area contributed by atoms with Gasteiger partial charge in [0.1, 0.15) is 0 Å². The number of hydrogen-bond acceptors (Lipinski definition) is 4.